The number of anilines is 1. The minimum absolute atomic E-state index is 0.426. The fourth-order valence-electron chi connectivity index (χ4n) is 2.41. The second kappa shape index (κ2) is 4.05. The van der Waals surface area contributed by atoms with Gasteiger partial charge in [-0.15, -0.1) is 5.10 Å². The number of aryl methyl sites for hydroxylation is 1. The molecule has 0 saturated heterocycles. The van der Waals surface area contributed by atoms with E-state index in [1.165, 1.54) is 6.42 Å². The molecule has 1 aromatic carbocycles. The Labute approximate surface area is 112 Å². The van der Waals surface area contributed by atoms with E-state index in [0.717, 1.165) is 29.2 Å². The van der Waals surface area contributed by atoms with Gasteiger partial charge in [0.2, 0.25) is 0 Å². The Morgan fingerprint density at radius 2 is 2.16 bits per heavy atom. The van der Waals surface area contributed by atoms with E-state index in [4.69, 9.17) is 5.73 Å². The number of nitrogens with two attached hydrogens (primary N) is 1. The summed E-state index contributed by atoms with van der Waals surface area (Å²) < 4.78 is 1.89. The molecule has 1 heterocycles. The van der Waals surface area contributed by atoms with Gasteiger partial charge < -0.3 is 5.73 Å². The topological polar surface area (TPSA) is 69.6 Å². The lowest BCUT2D eigenvalue weighted by atomic mass is 10.1. The molecular weight excluding hydrogens is 238 g/mol. The van der Waals surface area contributed by atoms with E-state index in [-0.39, 0.29) is 0 Å². The van der Waals surface area contributed by atoms with Crippen LogP contribution in [-0.2, 0) is 6.54 Å². The Kier molecular flexibility index (Phi) is 2.59. The summed E-state index contributed by atoms with van der Waals surface area (Å²) in [6.45, 7) is 7.44. The summed E-state index contributed by atoms with van der Waals surface area (Å²) in [5.74, 6) is 1.46. The summed E-state index contributed by atoms with van der Waals surface area (Å²) in [5, 5.41) is 12.0. The smallest absolute Gasteiger partial charge is 0.182 e. The molecule has 1 fully saturated rings. The maximum Gasteiger partial charge on any atom is 0.182 e. The summed E-state index contributed by atoms with van der Waals surface area (Å²) in [6.07, 6.45) is 1.24. The van der Waals surface area contributed by atoms with E-state index in [1.807, 2.05) is 29.8 Å². The molecule has 1 aliphatic carbocycles. The Morgan fingerprint density at radius 3 is 2.79 bits per heavy atom. The number of hydrogen-bond acceptors (Lipinski definition) is 4. The molecule has 1 aliphatic rings. The standard InChI is InChI=1S/C14H19N5/c1-9-4-5-10(6-12(9)15)13-16-17-18-19(13)8-11-7-14(11,2)3/h4-6,11H,7-8,15H2,1-3H3. The van der Waals surface area contributed by atoms with Crippen molar-refractivity contribution >= 4 is 5.69 Å². The second-order valence-electron chi connectivity index (χ2n) is 6.15. The van der Waals surface area contributed by atoms with Crippen molar-refractivity contribution in [2.24, 2.45) is 11.3 Å². The lowest BCUT2D eigenvalue weighted by Crippen LogP contribution is -2.07. The van der Waals surface area contributed by atoms with Crippen molar-refractivity contribution in [3.05, 3.63) is 23.8 Å². The molecule has 100 valence electrons. The third kappa shape index (κ3) is 2.20. The molecular formula is C14H19N5. The van der Waals surface area contributed by atoms with Crippen LogP contribution in [0.3, 0.4) is 0 Å². The third-order valence-corrected chi connectivity index (χ3v) is 4.18. The maximum atomic E-state index is 5.96. The van der Waals surface area contributed by atoms with Gasteiger partial charge >= 0.3 is 0 Å². The molecule has 19 heavy (non-hydrogen) atoms. The quantitative estimate of drug-likeness (QED) is 0.856. The fraction of sp³-hybridized carbons (Fsp3) is 0.500. The fourth-order valence-corrected chi connectivity index (χ4v) is 2.41. The SMILES string of the molecule is Cc1ccc(-c2nnnn2CC2CC2(C)C)cc1N. The van der Waals surface area contributed by atoms with E-state index in [0.29, 0.717) is 11.3 Å². The van der Waals surface area contributed by atoms with Gasteiger partial charge in [-0.3, -0.25) is 0 Å². The van der Waals surface area contributed by atoms with Gasteiger partial charge in [0.05, 0.1) is 0 Å². The highest BCUT2D eigenvalue weighted by molar-refractivity contribution is 5.63. The molecule has 0 radical (unpaired) electrons. The van der Waals surface area contributed by atoms with Crippen LogP contribution >= 0.6 is 0 Å². The Bertz CT molecular complexity index is 614. The molecule has 3 rings (SSSR count). The Hall–Kier alpha value is -1.91. The summed E-state index contributed by atoms with van der Waals surface area (Å²) >= 11 is 0. The zero-order chi connectivity index (χ0) is 13.6. The van der Waals surface area contributed by atoms with Crippen LogP contribution in [0.5, 0.6) is 0 Å². The Balaban J connectivity index is 1.89. The van der Waals surface area contributed by atoms with E-state index < -0.39 is 0 Å². The number of tetrazole rings is 1. The predicted molar refractivity (Wildman–Crippen MR) is 74.3 cm³/mol. The molecule has 1 saturated carbocycles. The van der Waals surface area contributed by atoms with Crippen molar-refractivity contribution in [3.8, 4) is 11.4 Å². The first-order valence-electron chi connectivity index (χ1n) is 6.60. The molecule has 0 amide bonds. The summed E-state index contributed by atoms with van der Waals surface area (Å²) in [6, 6.07) is 5.96. The minimum atomic E-state index is 0.426. The van der Waals surface area contributed by atoms with Crippen molar-refractivity contribution in [1.29, 1.82) is 0 Å². The first-order valence-corrected chi connectivity index (χ1v) is 6.60. The summed E-state index contributed by atoms with van der Waals surface area (Å²) in [7, 11) is 0. The van der Waals surface area contributed by atoms with Crippen LogP contribution in [0.4, 0.5) is 5.69 Å². The van der Waals surface area contributed by atoms with Crippen LogP contribution in [0.25, 0.3) is 11.4 Å². The average molecular weight is 257 g/mol. The third-order valence-electron chi connectivity index (χ3n) is 4.18. The van der Waals surface area contributed by atoms with E-state index in [1.54, 1.807) is 0 Å². The van der Waals surface area contributed by atoms with Crippen molar-refractivity contribution in [2.75, 3.05) is 5.73 Å². The first kappa shape index (κ1) is 12.1. The number of nitrogen functional groups attached to an aromatic ring is 1. The molecule has 0 aliphatic heterocycles. The lowest BCUT2D eigenvalue weighted by molar-refractivity contribution is 0.467. The zero-order valence-electron chi connectivity index (χ0n) is 11.6. The van der Waals surface area contributed by atoms with Gasteiger partial charge in [-0.1, -0.05) is 26.0 Å². The van der Waals surface area contributed by atoms with Crippen molar-refractivity contribution in [1.82, 2.24) is 20.2 Å². The molecule has 2 aromatic rings. The van der Waals surface area contributed by atoms with E-state index in [2.05, 4.69) is 29.4 Å². The van der Waals surface area contributed by atoms with E-state index in [9.17, 15) is 0 Å². The van der Waals surface area contributed by atoms with E-state index >= 15 is 0 Å². The van der Waals surface area contributed by atoms with Gasteiger partial charge in [0.1, 0.15) is 0 Å². The summed E-state index contributed by atoms with van der Waals surface area (Å²) in [4.78, 5) is 0. The van der Waals surface area contributed by atoms with Gasteiger partial charge in [-0.05, 0) is 46.7 Å². The highest BCUT2D eigenvalue weighted by Crippen LogP contribution is 2.52. The summed E-state index contributed by atoms with van der Waals surface area (Å²) in [5.41, 5.74) is 9.21. The predicted octanol–water partition coefficient (Wildman–Crippen LogP) is 2.28. The van der Waals surface area contributed by atoms with Gasteiger partial charge in [0.25, 0.3) is 0 Å². The van der Waals surface area contributed by atoms with Crippen LogP contribution in [0.1, 0.15) is 25.8 Å². The van der Waals surface area contributed by atoms with Crippen LogP contribution in [-0.4, -0.2) is 20.2 Å². The lowest BCUT2D eigenvalue weighted by Gasteiger charge is -2.07. The first-order chi connectivity index (χ1) is 8.97. The second-order valence-corrected chi connectivity index (χ2v) is 6.15. The van der Waals surface area contributed by atoms with Crippen LogP contribution in [0.15, 0.2) is 18.2 Å². The van der Waals surface area contributed by atoms with Gasteiger partial charge in [-0.2, -0.15) is 0 Å². The van der Waals surface area contributed by atoms with Gasteiger partial charge in [-0.25, -0.2) is 4.68 Å². The zero-order valence-corrected chi connectivity index (χ0v) is 11.6. The van der Waals surface area contributed by atoms with Crippen LogP contribution < -0.4 is 5.73 Å². The highest BCUT2D eigenvalue weighted by atomic mass is 15.5. The molecule has 0 spiro atoms. The molecule has 1 unspecified atom stereocenters. The van der Waals surface area contributed by atoms with Gasteiger partial charge in [0.15, 0.2) is 5.82 Å². The highest BCUT2D eigenvalue weighted by Gasteiger charge is 2.46. The largest absolute Gasteiger partial charge is 0.398 e. The number of aromatic nitrogens is 4. The number of rotatable bonds is 3. The number of benzene rings is 1. The van der Waals surface area contributed by atoms with Crippen LogP contribution in [0.2, 0.25) is 0 Å². The normalized spacial score (nSPS) is 20.5. The van der Waals surface area contributed by atoms with Crippen LogP contribution in [0, 0.1) is 18.3 Å². The minimum Gasteiger partial charge on any atom is -0.398 e. The maximum absolute atomic E-state index is 5.96. The molecule has 5 nitrogen and oxygen atoms in total. The Morgan fingerprint density at radius 1 is 1.42 bits per heavy atom. The number of nitrogens with zero attached hydrogens (tertiary/aromatic N) is 4. The van der Waals surface area contributed by atoms with Crippen molar-refractivity contribution in [3.63, 3.8) is 0 Å². The average Bonchev–Trinajstić information content (AvgIpc) is 2.75. The number of hydrogen-bond donors (Lipinski definition) is 1. The molecule has 0 bridgehead atoms. The van der Waals surface area contributed by atoms with Gasteiger partial charge in [0, 0.05) is 17.8 Å². The molecule has 5 heteroatoms. The molecule has 1 atom stereocenters. The van der Waals surface area contributed by atoms with Crippen molar-refractivity contribution < 1.29 is 0 Å². The monoisotopic (exact) mass is 257 g/mol. The molecule has 2 N–H and O–H groups in total. The molecule has 1 aromatic heterocycles. The van der Waals surface area contributed by atoms with Crippen molar-refractivity contribution in [2.45, 2.75) is 33.7 Å².